The standard InChI is InChI=1S/C14H12BrClFNO/c15-10-3-1-9(2-4-10)14(8-18)19-13-6-5-11(17)7-12(13)16/h1-7,14H,8,18H2. The Bertz CT molecular complexity index is 562. The molecule has 0 aromatic heterocycles. The van der Waals surface area contributed by atoms with Gasteiger partial charge in [0.25, 0.3) is 0 Å². The number of halogens is 3. The van der Waals surface area contributed by atoms with E-state index in [9.17, 15) is 4.39 Å². The summed E-state index contributed by atoms with van der Waals surface area (Å²) in [4.78, 5) is 0. The quantitative estimate of drug-likeness (QED) is 0.896. The van der Waals surface area contributed by atoms with Crippen molar-refractivity contribution >= 4 is 27.5 Å². The van der Waals surface area contributed by atoms with Gasteiger partial charge >= 0.3 is 0 Å². The second-order valence-corrected chi connectivity index (χ2v) is 5.29. The molecule has 0 amide bonds. The average Bonchev–Trinajstić information content (AvgIpc) is 2.39. The van der Waals surface area contributed by atoms with Gasteiger partial charge in [-0.25, -0.2) is 4.39 Å². The van der Waals surface area contributed by atoms with Gasteiger partial charge in [0.15, 0.2) is 0 Å². The first kappa shape index (κ1) is 14.3. The Balaban J connectivity index is 2.21. The Kier molecular flexibility index (Phi) is 4.80. The lowest BCUT2D eigenvalue weighted by Gasteiger charge is -2.18. The smallest absolute Gasteiger partial charge is 0.139 e. The number of nitrogens with two attached hydrogens (primary N) is 1. The molecule has 2 nitrogen and oxygen atoms in total. The van der Waals surface area contributed by atoms with Gasteiger partial charge in [0.05, 0.1) is 5.02 Å². The molecule has 0 aliphatic carbocycles. The van der Waals surface area contributed by atoms with Gasteiger partial charge in [0.2, 0.25) is 0 Å². The molecule has 0 heterocycles. The van der Waals surface area contributed by atoms with Gasteiger partial charge in [0.1, 0.15) is 17.7 Å². The number of rotatable bonds is 4. The lowest BCUT2D eigenvalue weighted by atomic mass is 10.1. The van der Waals surface area contributed by atoms with Gasteiger partial charge in [-0.3, -0.25) is 0 Å². The maximum atomic E-state index is 13.0. The molecule has 1 atom stereocenters. The van der Waals surface area contributed by atoms with Crippen LogP contribution in [0.25, 0.3) is 0 Å². The first-order valence-electron chi connectivity index (χ1n) is 5.67. The fourth-order valence-electron chi connectivity index (χ4n) is 1.65. The fraction of sp³-hybridized carbons (Fsp3) is 0.143. The highest BCUT2D eigenvalue weighted by molar-refractivity contribution is 9.10. The van der Waals surface area contributed by atoms with E-state index in [0.717, 1.165) is 10.0 Å². The summed E-state index contributed by atoms with van der Waals surface area (Å²) < 4.78 is 19.7. The lowest BCUT2D eigenvalue weighted by Crippen LogP contribution is -2.18. The maximum absolute atomic E-state index is 13.0. The van der Waals surface area contributed by atoms with Crippen molar-refractivity contribution in [2.24, 2.45) is 5.73 Å². The van der Waals surface area contributed by atoms with Crippen LogP contribution in [0.1, 0.15) is 11.7 Å². The predicted molar refractivity (Wildman–Crippen MR) is 78.0 cm³/mol. The van der Waals surface area contributed by atoms with E-state index >= 15 is 0 Å². The van der Waals surface area contributed by atoms with Crippen molar-refractivity contribution in [3.05, 3.63) is 63.3 Å². The second-order valence-electron chi connectivity index (χ2n) is 3.97. The summed E-state index contributed by atoms with van der Waals surface area (Å²) in [7, 11) is 0. The van der Waals surface area contributed by atoms with Crippen molar-refractivity contribution in [2.45, 2.75) is 6.10 Å². The lowest BCUT2D eigenvalue weighted by molar-refractivity contribution is 0.214. The normalized spacial score (nSPS) is 12.2. The van der Waals surface area contributed by atoms with E-state index in [1.165, 1.54) is 18.2 Å². The Morgan fingerprint density at radius 3 is 2.47 bits per heavy atom. The molecule has 5 heteroatoms. The van der Waals surface area contributed by atoms with Crippen molar-refractivity contribution in [3.63, 3.8) is 0 Å². The first-order valence-corrected chi connectivity index (χ1v) is 6.84. The topological polar surface area (TPSA) is 35.2 Å². The fourth-order valence-corrected chi connectivity index (χ4v) is 2.13. The minimum absolute atomic E-state index is 0.232. The summed E-state index contributed by atoms with van der Waals surface area (Å²) in [6.45, 7) is 0.301. The Hall–Kier alpha value is -1.10. The van der Waals surface area contributed by atoms with Gasteiger partial charge in [-0.1, -0.05) is 39.7 Å². The van der Waals surface area contributed by atoms with E-state index in [1.54, 1.807) is 0 Å². The van der Waals surface area contributed by atoms with Crippen molar-refractivity contribution in [2.75, 3.05) is 6.54 Å². The number of hydrogen-bond donors (Lipinski definition) is 1. The molecule has 2 aromatic carbocycles. The van der Waals surface area contributed by atoms with E-state index in [1.807, 2.05) is 24.3 Å². The molecule has 0 radical (unpaired) electrons. The predicted octanol–water partition coefficient (Wildman–Crippen LogP) is 4.32. The molecule has 2 N–H and O–H groups in total. The molecular weight excluding hydrogens is 333 g/mol. The van der Waals surface area contributed by atoms with Crippen molar-refractivity contribution in [1.29, 1.82) is 0 Å². The van der Waals surface area contributed by atoms with Gasteiger partial charge < -0.3 is 10.5 Å². The third kappa shape index (κ3) is 3.69. The number of hydrogen-bond acceptors (Lipinski definition) is 2. The SMILES string of the molecule is NCC(Oc1ccc(F)cc1Cl)c1ccc(Br)cc1. The maximum Gasteiger partial charge on any atom is 0.139 e. The summed E-state index contributed by atoms with van der Waals surface area (Å²) in [5.74, 6) is 0.0201. The molecule has 0 aliphatic rings. The van der Waals surface area contributed by atoms with E-state index in [-0.39, 0.29) is 11.1 Å². The molecular formula is C14H12BrClFNO. The molecule has 0 bridgehead atoms. The third-order valence-corrected chi connectivity index (χ3v) is 3.44. The zero-order chi connectivity index (χ0) is 13.8. The van der Waals surface area contributed by atoms with Gasteiger partial charge in [-0.2, -0.15) is 0 Å². The van der Waals surface area contributed by atoms with Crippen LogP contribution in [0.15, 0.2) is 46.9 Å². The minimum atomic E-state index is -0.398. The zero-order valence-corrected chi connectivity index (χ0v) is 12.3. The van der Waals surface area contributed by atoms with Crippen LogP contribution in [0.3, 0.4) is 0 Å². The Morgan fingerprint density at radius 2 is 1.89 bits per heavy atom. The molecule has 0 aliphatic heterocycles. The molecule has 0 saturated heterocycles. The summed E-state index contributed by atoms with van der Waals surface area (Å²) in [6.07, 6.45) is -0.323. The number of benzene rings is 2. The van der Waals surface area contributed by atoms with E-state index in [0.29, 0.717) is 12.3 Å². The first-order chi connectivity index (χ1) is 9.10. The summed E-state index contributed by atoms with van der Waals surface area (Å²) in [5, 5.41) is 0.232. The van der Waals surface area contributed by atoms with Crippen LogP contribution in [-0.4, -0.2) is 6.54 Å². The molecule has 1 unspecified atom stereocenters. The highest BCUT2D eigenvalue weighted by Crippen LogP contribution is 2.29. The Labute approximate surface area is 124 Å². The third-order valence-electron chi connectivity index (χ3n) is 2.62. The van der Waals surface area contributed by atoms with Gasteiger partial charge in [-0.05, 0) is 35.9 Å². The summed E-state index contributed by atoms with van der Waals surface area (Å²) in [5.41, 5.74) is 6.65. The number of ether oxygens (including phenoxy) is 1. The van der Waals surface area contributed by atoms with Crippen LogP contribution in [0.2, 0.25) is 5.02 Å². The molecule has 100 valence electrons. The largest absolute Gasteiger partial charge is 0.483 e. The van der Waals surface area contributed by atoms with Crippen molar-refractivity contribution < 1.29 is 9.13 Å². The molecule has 19 heavy (non-hydrogen) atoms. The van der Waals surface area contributed by atoms with Crippen molar-refractivity contribution in [1.82, 2.24) is 0 Å². The minimum Gasteiger partial charge on any atom is -0.483 e. The molecule has 0 spiro atoms. The molecule has 2 aromatic rings. The van der Waals surface area contributed by atoms with Crippen LogP contribution < -0.4 is 10.5 Å². The molecule has 0 fully saturated rings. The second kappa shape index (κ2) is 6.37. The molecule has 0 saturated carbocycles. The van der Waals surface area contributed by atoms with Gasteiger partial charge in [0, 0.05) is 11.0 Å². The van der Waals surface area contributed by atoms with Crippen LogP contribution in [0.4, 0.5) is 4.39 Å². The van der Waals surface area contributed by atoms with Crippen molar-refractivity contribution in [3.8, 4) is 5.75 Å². The Morgan fingerprint density at radius 1 is 1.21 bits per heavy atom. The monoisotopic (exact) mass is 343 g/mol. The van der Waals surface area contributed by atoms with E-state index in [2.05, 4.69) is 15.9 Å². The van der Waals surface area contributed by atoms with Crippen LogP contribution >= 0.6 is 27.5 Å². The van der Waals surface area contributed by atoms with Crippen LogP contribution in [0, 0.1) is 5.82 Å². The van der Waals surface area contributed by atoms with E-state index in [4.69, 9.17) is 22.1 Å². The summed E-state index contributed by atoms with van der Waals surface area (Å²) in [6, 6.07) is 11.7. The highest BCUT2D eigenvalue weighted by Gasteiger charge is 2.13. The molecule has 2 rings (SSSR count). The average molecular weight is 345 g/mol. The highest BCUT2D eigenvalue weighted by atomic mass is 79.9. The van der Waals surface area contributed by atoms with Gasteiger partial charge in [-0.15, -0.1) is 0 Å². The summed E-state index contributed by atoms with van der Waals surface area (Å²) >= 11 is 9.30. The zero-order valence-electron chi connectivity index (χ0n) is 9.95. The van der Waals surface area contributed by atoms with Crippen LogP contribution in [0.5, 0.6) is 5.75 Å². The van der Waals surface area contributed by atoms with Crippen LogP contribution in [-0.2, 0) is 0 Å². The van der Waals surface area contributed by atoms with E-state index < -0.39 is 5.82 Å².